The molecule has 0 radical (unpaired) electrons. The molecule has 6 heteroatoms. The number of nitrogens with one attached hydrogen (secondary N) is 1. The van der Waals surface area contributed by atoms with Gasteiger partial charge in [0.25, 0.3) is 11.5 Å². The Hall–Kier alpha value is -2.24. The summed E-state index contributed by atoms with van der Waals surface area (Å²) in [5.74, 6) is -0.784. The van der Waals surface area contributed by atoms with Crippen LogP contribution in [0.4, 0.5) is 0 Å². The van der Waals surface area contributed by atoms with Crippen LogP contribution in [0.25, 0.3) is 11.1 Å². The zero-order chi connectivity index (χ0) is 12.0. The van der Waals surface area contributed by atoms with Crippen LogP contribution in [0.3, 0.4) is 0 Å². The fourth-order valence-corrected chi connectivity index (χ4v) is 1.74. The molecule has 0 unspecified atom stereocenters. The van der Waals surface area contributed by atoms with E-state index < -0.39 is 17.2 Å². The van der Waals surface area contributed by atoms with Crippen LogP contribution in [0.2, 0.25) is 0 Å². The molecule has 0 aliphatic rings. The lowest BCUT2D eigenvalue weighted by molar-refractivity contribution is 0.1000. The number of fused-ring (bicyclic) bond motifs is 1. The van der Waals surface area contributed by atoms with Crippen molar-refractivity contribution in [3.8, 4) is 5.75 Å². The van der Waals surface area contributed by atoms with Gasteiger partial charge in [0.15, 0.2) is 5.75 Å². The van der Waals surface area contributed by atoms with E-state index in [1.807, 2.05) is 0 Å². The largest absolute Gasteiger partial charge is 0.503 e. The lowest BCUT2D eigenvalue weighted by Gasteiger charge is -1.99. The number of H-pyrrole nitrogens is 1. The standard InChI is InChI=1S/C10H10N2O4/c1-3-5-6(8(11)14)4(2)16-10(5)12-9(15)7(3)13/h13H,1-2H3,(H2,11,14)(H,12,15). The molecule has 0 atom stereocenters. The Kier molecular flexibility index (Phi) is 2.01. The summed E-state index contributed by atoms with van der Waals surface area (Å²) in [6.45, 7) is 3.09. The maximum atomic E-state index is 11.3. The molecule has 0 bridgehead atoms. The van der Waals surface area contributed by atoms with Gasteiger partial charge in [0.2, 0.25) is 5.71 Å². The number of hydrogen-bond acceptors (Lipinski definition) is 4. The minimum absolute atomic E-state index is 0.145. The van der Waals surface area contributed by atoms with Crippen LogP contribution in [0.5, 0.6) is 5.75 Å². The Morgan fingerprint density at radius 2 is 2.06 bits per heavy atom. The number of carbonyl (C=O) groups excluding carboxylic acids is 1. The van der Waals surface area contributed by atoms with Crippen molar-refractivity contribution >= 4 is 17.0 Å². The Bertz CT molecular complexity index is 651. The van der Waals surface area contributed by atoms with E-state index in [4.69, 9.17) is 10.2 Å². The van der Waals surface area contributed by atoms with E-state index >= 15 is 0 Å². The lowest BCUT2D eigenvalue weighted by Crippen LogP contribution is -2.13. The SMILES string of the molecule is Cc1oc2[nH]c(=O)c(O)c(C)c2c1C(N)=O. The van der Waals surface area contributed by atoms with Crippen molar-refractivity contribution in [2.45, 2.75) is 13.8 Å². The van der Waals surface area contributed by atoms with Crippen molar-refractivity contribution in [1.82, 2.24) is 4.98 Å². The van der Waals surface area contributed by atoms with E-state index in [2.05, 4.69) is 4.98 Å². The van der Waals surface area contributed by atoms with Crippen LogP contribution in [0.15, 0.2) is 9.21 Å². The molecule has 0 fully saturated rings. The van der Waals surface area contributed by atoms with Gasteiger partial charge in [-0.15, -0.1) is 0 Å². The van der Waals surface area contributed by atoms with E-state index in [1.165, 1.54) is 6.92 Å². The van der Waals surface area contributed by atoms with Crippen molar-refractivity contribution < 1.29 is 14.3 Å². The molecule has 16 heavy (non-hydrogen) atoms. The van der Waals surface area contributed by atoms with E-state index in [-0.39, 0.29) is 16.8 Å². The van der Waals surface area contributed by atoms with Crippen LogP contribution in [0.1, 0.15) is 21.7 Å². The van der Waals surface area contributed by atoms with Gasteiger partial charge in [-0.2, -0.15) is 0 Å². The number of furan rings is 1. The monoisotopic (exact) mass is 222 g/mol. The Morgan fingerprint density at radius 1 is 1.44 bits per heavy atom. The molecule has 4 N–H and O–H groups in total. The number of aromatic nitrogens is 1. The number of carbonyl (C=O) groups is 1. The van der Waals surface area contributed by atoms with Gasteiger partial charge >= 0.3 is 0 Å². The fourth-order valence-electron chi connectivity index (χ4n) is 1.74. The van der Waals surface area contributed by atoms with Gasteiger partial charge in [0, 0.05) is 5.56 Å². The quantitative estimate of drug-likeness (QED) is 0.654. The van der Waals surface area contributed by atoms with Crippen molar-refractivity contribution in [3.63, 3.8) is 0 Å². The maximum absolute atomic E-state index is 11.3. The molecule has 1 amide bonds. The molecule has 0 spiro atoms. The van der Waals surface area contributed by atoms with E-state index in [1.54, 1.807) is 6.92 Å². The van der Waals surface area contributed by atoms with Gasteiger partial charge in [0.05, 0.1) is 10.9 Å². The smallest absolute Gasteiger partial charge is 0.293 e. The first kappa shape index (κ1) is 10.3. The maximum Gasteiger partial charge on any atom is 0.293 e. The van der Waals surface area contributed by atoms with Gasteiger partial charge in [-0.25, -0.2) is 0 Å². The molecule has 0 aliphatic carbocycles. The number of nitrogens with two attached hydrogens (primary N) is 1. The molecule has 2 aromatic heterocycles. The lowest BCUT2D eigenvalue weighted by atomic mass is 10.1. The second kappa shape index (κ2) is 3.13. The third kappa shape index (κ3) is 1.19. The van der Waals surface area contributed by atoms with Gasteiger partial charge in [0.1, 0.15) is 5.76 Å². The summed E-state index contributed by atoms with van der Waals surface area (Å²) in [5, 5.41) is 9.83. The van der Waals surface area contributed by atoms with Crippen molar-refractivity contribution in [2.75, 3.05) is 0 Å². The van der Waals surface area contributed by atoms with E-state index in [0.717, 1.165) is 0 Å². The van der Waals surface area contributed by atoms with Crippen LogP contribution in [-0.4, -0.2) is 16.0 Å². The highest BCUT2D eigenvalue weighted by molar-refractivity contribution is 6.07. The number of aromatic amines is 1. The zero-order valence-electron chi connectivity index (χ0n) is 8.75. The second-order valence-electron chi connectivity index (χ2n) is 3.53. The van der Waals surface area contributed by atoms with E-state index in [9.17, 15) is 14.7 Å². The first-order valence-electron chi connectivity index (χ1n) is 4.58. The minimum Gasteiger partial charge on any atom is -0.503 e. The molecular formula is C10H10N2O4. The zero-order valence-corrected chi connectivity index (χ0v) is 8.75. The topological polar surface area (TPSA) is 109 Å². The summed E-state index contributed by atoms with van der Waals surface area (Å²) in [6.07, 6.45) is 0. The summed E-state index contributed by atoms with van der Waals surface area (Å²) in [5.41, 5.74) is 5.16. The molecule has 0 saturated carbocycles. The van der Waals surface area contributed by atoms with Crippen LogP contribution < -0.4 is 11.3 Å². The van der Waals surface area contributed by atoms with Crippen molar-refractivity contribution in [2.24, 2.45) is 5.73 Å². The summed E-state index contributed by atoms with van der Waals surface area (Å²) in [6, 6.07) is 0. The highest BCUT2D eigenvalue weighted by Crippen LogP contribution is 2.28. The molecule has 0 saturated heterocycles. The van der Waals surface area contributed by atoms with E-state index in [0.29, 0.717) is 11.1 Å². The third-order valence-electron chi connectivity index (χ3n) is 2.50. The third-order valence-corrected chi connectivity index (χ3v) is 2.50. The van der Waals surface area contributed by atoms with Crippen molar-refractivity contribution in [1.29, 1.82) is 0 Å². The highest BCUT2D eigenvalue weighted by Gasteiger charge is 2.20. The summed E-state index contributed by atoms with van der Waals surface area (Å²) < 4.78 is 5.21. The first-order chi connectivity index (χ1) is 7.43. The van der Waals surface area contributed by atoms with Crippen LogP contribution >= 0.6 is 0 Å². The minimum atomic E-state index is -0.661. The number of rotatable bonds is 1. The normalized spacial score (nSPS) is 10.9. The molecular weight excluding hydrogens is 212 g/mol. The molecule has 0 aromatic carbocycles. The molecule has 2 heterocycles. The number of primary amides is 1. The van der Waals surface area contributed by atoms with Gasteiger partial charge < -0.3 is 15.3 Å². The summed E-state index contributed by atoms with van der Waals surface area (Å²) >= 11 is 0. The van der Waals surface area contributed by atoms with Crippen molar-refractivity contribution in [3.05, 3.63) is 27.2 Å². The van der Waals surface area contributed by atoms with Crippen LogP contribution in [-0.2, 0) is 0 Å². The Labute approximate surface area is 89.7 Å². The average Bonchev–Trinajstić information content (AvgIpc) is 2.51. The number of pyridine rings is 1. The first-order valence-corrected chi connectivity index (χ1v) is 4.58. The van der Waals surface area contributed by atoms with Gasteiger partial charge in [-0.1, -0.05) is 0 Å². The highest BCUT2D eigenvalue weighted by atomic mass is 16.3. The molecule has 84 valence electrons. The number of aryl methyl sites for hydroxylation is 2. The summed E-state index contributed by atoms with van der Waals surface area (Å²) in [4.78, 5) is 24.8. The number of hydrogen-bond donors (Lipinski definition) is 3. The van der Waals surface area contributed by atoms with Gasteiger partial charge in [-0.05, 0) is 13.8 Å². The molecule has 0 aliphatic heterocycles. The van der Waals surface area contributed by atoms with Crippen LogP contribution in [0, 0.1) is 13.8 Å². The molecule has 2 aromatic rings. The molecule has 6 nitrogen and oxygen atoms in total. The predicted molar refractivity (Wildman–Crippen MR) is 56.5 cm³/mol. The second-order valence-corrected chi connectivity index (χ2v) is 3.53. The predicted octanol–water partition coefficient (Wildman–Crippen LogP) is 0.542. The number of aromatic hydroxyl groups is 1. The summed E-state index contributed by atoms with van der Waals surface area (Å²) in [7, 11) is 0. The Balaban J connectivity index is 3.04. The Morgan fingerprint density at radius 3 is 2.62 bits per heavy atom. The van der Waals surface area contributed by atoms with Gasteiger partial charge in [-0.3, -0.25) is 14.6 Å². The number of amides is 1. The molecule has 2 rings (SSSR count). The average molecular weight is 222 g/mol. The fraction of sp³-hybridized carbons (Fsp3) is 0.200.